The first-order chi connectivity index (χ1) is 7.54. The van der Waals surface area contributed by atoms with E-state index in [0.29, 0.717) is 6.42 Å². The van der Waals surface area contributed by atoms with Crippen LogP contribution < -0.4 is 5.32 Å². The van der Waals surface area contributed by atoms with Crippen LogP contribution in [0.15, 0.2) is 24.3 Å². The summed E-state index contributed by atoms with van der Waals surface area (Å²) in [6.45, 7) is 3.70. The van der Waals surface area contributed by atoms with Crippen LogP contribution >= 0.6 is 11.6 Å². The van der Waals surface area contributed by atoms with Gasteiger partial charge in [0.05, 0.1) is 11.4 Å². The third kappa shape index (κ3) is 3.42. The van der Waals surface area contributed by atoms with E-state index in [2.05, 4.69) is 5.32 Å². The number of halogens is 1. The summed E-state index contributed by atoms with van der Waals surface area (Å²) in [6.07, 6.45) is 0.591. The van der Waals surface area contributed by atoms with E-state index < -0.39 is 11.9 Å². The van der Waals surface area contributed by atoms with Crippen molar-refractivity contribution in [1.29, 1.82) is 0 Å². The van der Waals surface area contributed by atoms with Crippen LogP contribution in [0.4, 0.5) is 5.69 Å². The quantitative estimate of drug-likeness (QED) is 0.615. The van der Waals surface area contributed by atoms with Gasteiger partial charge in [-0.3, -0.25) is 4.79 Å². The van der Waals surface area contributed by atoms with Crippen molar-refractivity contribution in [3.05, 3.63) is 29.8 Å². The molecule has 0 fully saturated rings. The van der Waals surface area contributed by atoms with Gasteiger partial charge in [0, 0.05) is 5.69 Å². The van der Waals surface area contributed by atoms with Gasteiger partial charge >= 0.3 is 5.97 Å². The van der Waals surface area contributed by atoms with Gasteiger partial charge in [-0.2, -0.15) is 0 Å². The average Bonchev–Trinajstić information content (AvgIpc) is 2.20. The number of aliphatic carboxylic acids is 1. The Hall–Kier alpha value is -1.22. The van der Waals surface area contributed by atoms with E-state index in [1.807, 2.05) is 38.1 Å². The zero-order valence-corrected chi connectivity index (χ0v) is 10.2. The summed E-state index contributed by atoms with van der Waals surface area (Å²) in [5.41, 5.74) is 1.57. The molecule has 2 N–H and O–H groups in total. The number of carbonyl (C=O) groups is 1. The summed E-state index contributed by atoms with van der Waals surface area (Å²) in [6, 6.07) is 7.34. The van der Waals surface area contributed by atoms with Crippen LogP contribution in [0, 0.1) is 0 Å². The Bertz CT molecular complexity index is 349. The van der Waals surface area contributed by atoms with Gasteiger partial charge in [0.25, 0.3) is 0 Å². The molecule has 1 aromatic rings. The summed E-state index contributed by atoms with van der Waals surface area (Å²) in [7, 11) is 0. The highest BCUT2D eigenvalue weighted by Gasteiger charge is 2.16. The lowest BCUT2D eigenvalue weighted by molar-refractivity contribution is -0.138. The molecule has 2 unspecified atom stereocenters. The Labute approximate surface area is 100 Å². The maximum Gasteiger partial charge on any atom is 0.310 e. The van der Waals surface area contributed by atoms with Gasteiger partial charge in [0.15, 0.2) is 0 Å². The van der Waals surface area contributed by atoms with Gasteiger partial charge in [0.1, 0.15) is 0 Å². The minimum Gasteiger partial charge on any atom is -0.481 e. The van der Waals surface area contributed by atoms with Crippen molar-refractivity contribution in [3.63, 3.8) is 0 Å². The number of nitrogens with one attached hydrogen (secondary N) is 1. The molecule has 0 radical (unpaired) electrons. The molecule has 0 bridgehead atoms. The van der Waals surface area contributed by atoms with Crippen molar-refractivity contribution in [2.45, 2.75) is 31.7 Å². The smallest absolute Gasteiger partial charge is 0.310 e. The van der Waals surface area contributed by atoms with E-state index in [1.165, 1.54) is 0 Å². The maximum absolute atomic E-state index is 11.0. The molecule has 0 amide bonds. The SMILES string of the molecule is CCC(C(=O)O)c1ccc(NC(C)Cl)cc1. The third-order valence-corrected chi connectivity index (χ3v) is 2.49. The average molecular weight is 242 g/mol. The van der Waals surface area contributed by atoms with Gasteiger partial charge < -0.3 is 10.4 Å². The first kappa shape index (κ1) is 12.8. The van der Waals surface area contributed by atoms with Crippen molar-refractivity contribution in [2.24, 2.45) is 0 Å². The highest BCUT2D eigenvalue weighted by molar-refractivity contribution is 6.21. The van der Waals surface area contributed by atoms with Crippen LogP contribution in [-0.2, 0) is 4.79 Å². The van der Waals surface area contributed by atoms with Crippen LogP contribution in [0.5, 0.6) is 0 Å². The lowest BCUT2D eigenvalue weighted by Gasteiger charge is -2.12. The van der Waals surface area contributed by atoms with Crippen molar-refractivity contribution in [2.75, 3.05) is 5.32 Å². The van der Waals surface area contributed by atoms with Crippen LogP contribution in [0.1, 0.15) is 31.7 Å². The molecule has 0 aliphatic rings. The number of anilines is 1. The Balaban J connectivity index is 2.81. The van der Waals surface area contributed by atoms with Crippen LogP contribution in [-0.4, -0.2) is 16.6 Å². The van der Waals surface area contributed by atoms with Crippen LogP contribution in [0.3, 0.4) is 0 Å². The molecular formula is C12H16ClNO2. The minimum absolute atomic E-state index is 0.146. The fraction of sp³-hybridized carbons (Fsp3) is 0.417. The highest BCUT2D eigenvalue weighted by Crippen LogP contribution is 2.22. The van der Waals surface area contributed by atoms with Crippen molar-refractivity contribution < 1.29 is 9.90 Å². The van der Waals surface area contributed by atoms with Gasteiger partial charge in [-0.1, -0.05) is 30.7 Å². The second-order valence-electron chi connectivity index (χ2n) is 3.68. The molecule has 0 saturated carbocycles. The Morgan fingerprint density at radius 2 is 2.00 bits per heavy atom. The zero-order valence-electron chi connectivity index (χ0n) is 9.40. The molecule has 3 nitrogen and oxygen atoms in total. The molecule has 16 heavy (non-hydrogen) atoms. The van der Waals surface area contributed by atoms with Gasteiger partial charge in [-0.25, -0.2) is 0 Å². The number of rotatable bonds is 5. The van der Waals surface area contributed by atoms with E-state index in [4.69, 9.17) is 16.7 Å². The zero-order chi connectivity index (χ0) is 12.1. The van der Waals surface area contributed by atoms with Gasteiger partial charge in [-0.15, -0.1) is 0 Å². The van der Waals surface area contributed by atoms with Crippen LogP contribution in [0.2, 0.25) is 0 Å². The standard InChI is InChI=1S/C12H16ClNO2/c1-3-11(12(15)16)9-4-6-10(7-5-9)14-8(2)13/h4-8,11,14H,3H2,1-2H3,(H,15,16). The molecule has 88 valence electrons. The summed E-state index contributed by atoms with van der Waals surface area (Å²) >= 11 is 5.79. The van der Waals surface area contributed by atoms with Crippen LogP contribution in [0.25, 0.3) is 0 Å². The molecule has 0 heterocycles. The van der Waals surface area contributed by atoms with Gasteiger partial charge in [0.2, 0.25) is 0 Å². The summed E-state index contributed by atoms with van der Waals surface area (Å²) in [4.78, 5) is 11.0. The lowest BCUT2D eigenvalue weighted by atomic mass is 9.96. The summed E-state index contributed by atoms with van der Waals surface area (Å²) in [5, 5.41) is 12.0. The fourth-order valence-corrected chi connectivity index (χ4v) is 1.72. The number of alkyl halides is 1. The fourth-order valence-electron chi connectivity index (χ4n) is 1.59. The van der Waals surface area contributed by atoms with E-state index in [-0.39, 0.29) is 5.50 Å². The largest absolute Gasteiger partial charge is 0.481 e. The first-order valence-corrected chi connectivity index (χ1v) is 5.71. The number of hydrogen-bond donors (Lipinski definition) is 2. The molecular weight excluding hydrogens is 226 g/mol. The Morgan fingerprint density at radius 1 is 1.44 bits per heavy atom. The van der Waals surface area contributed by atoms with E-state index in [9.17, 15) is 4.79 Å². The number of carboxylic acids is 1. The topological polar surface area (TPSA) is 49.3 Å². The molecule has 0 saturated heterocycles. The first-order valence-electron chi connectivity index (χ1n) is 5.28. The molecule has 0 aliphatic heterocycles. The number of benzene rings is 1. The second-order valence-corrected chi connectivity index (χ2v) is 4.34. The highest BCUT2D eigenvalue weighted by atomic mass is 35.5. The van der Waals surface area contributed by atoms with E-state index in [1.54, 1.807) is 0 Å². The van der Waals surface area contributed by atoms with Crippen molar-refractivity contribution >= 4 is 23.3 Å². The van der Waals surface area contributed by atoms with Crippen molar-refractivity contribution in [3.8, 4) is 0 Å². The van der Waals surface area contributed by atoms with Gasteiger partial charge in [-0.05, 0) is 31.0 Å². The summed E-state index contributed by atoms with van der Waals surface area (Å²) < 4.78 is 0. The summed E-state index contributed by atoms with van der Waals surface area (Å²) in [5.74, 6) is -1.21. The Kier molecular flexibility index (Phi) is 4.62. The molecule has 1 aromatic carbocycles. The Morgan fingerprint density at radius 3 is 2.38 bits per heavy atom. The number of carboxylic acid groups (broad SMARTS) is 1. The maximum atomic E-state index is 11.0. The molecule has 1 rings (SSSR count). The lowest BCUT2D eigenvalue weighted by Crippen LogP contribution is -2.11. The molecule has 4 heteroatoms. The van der Waals surface area contributed by atoms with E-state index >= 15 is 0 Å². The number of hydrogen-bond acceptors (Lipinski definition) is 2. The monoisotopic (exact) mass is 241 g/mol. The molecule has 0 aromatic heterocycles. The third-order valence-electron chi connectivity index (χ3n) is 2.38. The molecule has 0 aliphatic carbocycles. The molecule has 0 spiro atoms. The van der Waals surface area contributed by atoms with Crippen molar-refractivity contribution in [1.82, 2.24) is 0 Å². The van der Waals surface area contributed by atoms with E-state index in [0.717, 1.165) is 11.3 Å². The predicted molar refractivity (Wildman–Crippen MR) is 66.0 cm³/mol. The normalized spacial score (nSPS) is 14.2. The second kappa shape index (κ2) is 5.75. The predicted octanol–water partition coefficient (Wildman–Crippen LogP) is 3.26. The molecule has 2 atom stereocenters. The minimum atomic E-state index is -0.783.